The molecule has 0 spiro atoms. The summed E-state index contributed by atoms with van der Waals surface area (Å²) < 4.78 is 0. The van der Waals surface area contributed by atoms with Crippen LogP contribution in [0, 0.1) is 0 Å². The number of hydrogen-bond donors (Lipinski definition) is 2. The minimum Gasteiger partial charge on any atom is -0.392 e. The van der Waals surface area contributed by atoms with Crippen molar-refractivity contribution < 1.29 is 5.11 Å². The smallest absolute Gasteiger partial charge is 0.0682 e. The molecule has 0 aliphatic carbocycles. The molecule has 1 aromatic carbocycles. The molecule has 3 atom stereocenters. The van der Waals surface area contributed by atoms with E-state index < -0.39 is 0 Å². The summed E-state index contributed by atoms with van der Waals surface area (Å²) in [6, 6.07) is 15.6. The minimum atomic E-state index is -0.201. The number of thiophene rings is 1. The maximum Gasteiger partial charge on any atom is 0.0682 e. The van der Waals surface area contributed by atoms with Gasteiger partial charge in [0.25, 0.3) is 0 Å². The summed E-state index contributed by atoms with van der Waals surface area (Å²) in [5.41, 5.74) is 1.31. The molecular weight excluding hydrogens is 292 g/mol. The van der Waals surface area contributed by atoms with Gasteiger partial charge in [-0.05, 0) is 30.4 Å². The molecule has 0 bridgehead atoms. The molecule has 2 heterocycles. The second-order valence-corrected chi connectivity index (χ2v) is 7.08. The van der Waals surface area contributed by atoms with Crippen LogP contribution in [0.4, 0.5) is 0 Å². The molecule has 1 aliphatic rings. The first-order valence-corrected chi connectivity index (χ1v) is 8.83. The summed E-state index contributed by atoms with van der Waals surface area (Å²) in [6.07, 6.45) is 0.657. The monoisotopic (exact) mass is 316 g/mol. The fraction of sp³-hybridized carbons (Fsp3) is 0.444. The molecule has 0 amide bonds. The van der Waals surface area contributed by atoms with E-state index in [1.807, 2.05) is 6.07 Å². The van der Waals surface area contributed by atoms with Crippen molar-refractivity contribution in [3.8, 4) is 0 Å². The molecule has 1 aromatic heterocycles. The van der Waals surface area contributed by atoms with Gasteiger partial charge in [0.1, 0.15) is 0 Å². The number of benzene rings is 1. The van der Waals surface area contributed by atoms with Gasteiger partial charge in [-0.15, -0.1) is 11.3 Å². The molecule has 1 aliphatic heterocycles. The van der Waals surface area contributed by atoms with E-state index in [0.717, 1.165) is 26.1 Å². The van der Waals surface area contributed by atoms with E-state index in [9.17, 15) is 5.11 Å². The van der Waals surface area contributed by atoms with E-state index in [-0.39, 0.29) is 6.10 Å². The zero-order valence-corrected chi connectivity index (χ0v) is 13.8. The number of aliphatic hydroxyl groups excluding tert-OH is 1. The standard InChI is InChI=1S/C18H24N2OS/c1-14(18-8-5-9-22-18)19-11-16-10-17(21)13-20(16)12-15-6-3-2-4-7-15/h2-9,14,16-17,19,21H,10-13H2,1H3/t14-,16+,17-/m0/s1. The van der Waals surface area contributed by atoms with Crippen molar-refractivity contribution in [1.29, 1.82) is 0 Å². The van der Waals surface area contributed by atoms with Gasteiger partial charge in [0.15, 0.2) is 0 Å². The lowest BCUT2D eigenvalue weighted by Gasteiger charge is -2.26. The second kappa shape index (κ2) is 7.38. The first-order valence-electron chi connectivity index (χ1n) is 7.95. The highest BCUT2D eigenvalue weighted by Crippen LogP contribution is 2.22. The van der Waals surface area contributed by atoms with Gasteiger partial charge < -0.3 is 10.4 Å². The summed E-state index contributed by atoms with van der Waals surface area (Å²) in [6.45, 7) is 4.81. The Hall–Kier alpha value is -1.20. The molecule has 0 saturated carbocycles. The molecule has 4 heteroatoms. The lowest BCUT2D eigenvalue weighted by atomic mass is 10.1. The molecular formula is C18H24N2OS. The molecule has 118 valence electrons. The maximum absolute atomic E-state index is 10.0. The van der Waals surface area contributed by atoms with Crippen molar-refractivity contribution in [1.82, 2.24) is 10.2 Å². The first kappa shape index (κ1) is 15.7. The van der Waals surface area contributed by atoms with E-state index >= 15 is 0 Å². The number of nitrogens with zero attached hydrogens (tertiary/aromatic N) is 1. The van der Waals surface area contributed by atoms with Crippen molar-refractivity contribution in [2.24, 2.45) is 0 Å². The summed E-state index contributed by atoms with van der Waals surface area (Å²) in [5, 5.41) is 15.8. The maximum atomic E-state index is 10.0. The van der Waals surface area contributed by atoms with Crippen molar-refractivity contribution >= 4 is 11.3 Å². The minimum absolute atomic E-state index is 0.201. The predicted octanol–water partition coefficient (Wildman–Crippen LogP) is 3.03. The van der Waals surface area contributed by atoms with Crippen LogP contribution in [0.3, 0.4) is 0 Å². The molecule has 3 nitrogen and oxygen atoms in total. The fourth-order valence-electron chi connectivity index (χ4n) is 3.13. The Bertz CT molecular complexity index is 558. The van der Waals surface area contributed by atoms with Crippen LogP contribution in [0.5, 0.6) is 0 Å². The zero-order valence-electron chi connectivity index (χ0n) is 13.0. The SMILES string of the molecule is C[C@H](NC[C@H]1C[C@H](O)CN1Cc1ccccc1)c1cccs1. The van der Waals surface area contributed by atoms with Gasteiger partial charge in [0.2, 0.25) is 0 Å². The average Bonchev–Trinajstić information content (AvgIpc) is 3.16. The Balaban J connectivity index is 1.56. The van der Waals surface area contributed by atoms with Crippen LogP contribution in [0.15, 0.2) is 47.8 Å². The van der Waals surface area contributed by atoms with Crippen molar-refractivity contribution in [3.05, 3.63) is 58.3 Å². The second-order valence-electron chi connectivity index (χ2n) is 6.10. The average molecular weight is 316 g/mol. The quantitative estimate of drug-likeness (QED) is 0.860. The third kappa shape index (κ3) is 3.96. The number of aliphatic hydroxyl groups is 1. The number of rotatable bonds is 6. The molecule has 2 aromatic rings. The third-order valence-electron chi connectivity index (χ3n) is 4.36. The van der Waals surface area contributed by atoms with Gasteiger partial charge in [-0.3, -0.25) is 4.90 Å². The molecule has 22 heavy (non-hydrogen) atoms. The summed E-state index contributed by atoms with van der Waals surface area (Å²) >= 11 is 1.79. The third-order valence-corrected chi connectivity index (χ3v) is 5.42. The number of hydrogen-bond acceptors (Lipinski definition) is 4. The number of likely N-dealkylation sites (tertiary alicyclic amines) is 1. The van der Waals surface area contributed by atoms with Gasteiger partial charge in [-0.25, -0.2) is 0 Å². The Morgan fingerprint density at radius 3 is 2.82 bits per heavy atom. The number of β-amino-alcohol motifs (C(OH)–C–C–N with tert-alkyl or cyclic N) is 1. The first-order chi connectivity index (χ1) is 10.7. The van der Waals surface area contributed by atoms with Crippen LogP contribution in [0.1, 0.15) is 29.8 Å². The predicted molar refractivity (Wildman–Crippen MR) is 92.0 cm³/mol. The van der Waals surface area contributed by atoms with E-state index in [1.165, 1.54) is 10.4 Å². The largest absolute Gasteiger partial charge is 0.392 e. The molecule has 2 N–H and O–H groups in total. The Morgan fingerprint density at radius 2 is 2.09 bits per heavy atom. The van der Waals surface area contributed by atoms with Crippen LogP contribution in [0.2, 0.25) is 0 Å². The Kier molecular flexibility index (Phi) is 5.26. The van der Waals surface area contributed by atoms with Crippen LogP contribution in [-0.4, -0.2) is 35.2 Å². The zero-order chi connectivity index (χ0) is 15.4. The topological polar surface area (TPSA) is 35.5 Å². The van der Waals surface area contributed by atoms with Crippen LogP contribution in [-0.2, 0) is 6.54 Å². The van der Waals surface area contributed by atoms with E-state index in [2.05, 4.69) is 58.9 Å². The van der Waals surface area contributed by atoms with E-state index in [4.69, 9.17) is 0 Å². The van der Waals surface area contributed by atoms with Crippen molar-refractivity contribution in [3.63, 3.8) is 0 Å². The highest BCUT2D eigenvalue weighted by atomic mass is 32.1. The highest BCUT2D eigenvalue weighted by molar-refractivity contribution is 7.10. The van der Waals surface area contributed by atoms with E-state index in [0.29, 0.717) is 12.1 Å². The highest BCUT2D eigenvalue weighted by Gasteiger charge is 2.30. The Labute approximate surface area is 136 Å². The molecule has 0 radical (unpaired) electrons. The van der Waals surface area contributed by atoms with Gasteiger partial charge in [0.05, 0.1) is 6.10 Å². The van der Waals surface area contributed by atoms with Crippen LogP contribution < -0.4 is 5.32 Å². The summed E-state index contributed by atoms with van der Waals surface area (Å²) in [5.74, 6) is 0. The number of nitrogens with one attached hydrogen (secondary N) is 1. The molecule has 1 fully saturated rings. The van der Waals surface area contributed by atoms with Crippen molar-refractivity contribution in [2.75, 3.05) is 13.1 Å². The lowest BCUT2D eigenvalue weighted by molar-refractivity contribution is 0.172. The van der Waals surface area contributed by atoms with Gasteiger partial charge >= 0.3 is 0 Å². The summed E-state index contributed by atoms with van der Waals surface area (Å²) in [7, 11) is 0. The fourth-order valence-corrected chi connectivity index (χ4v) is 3.89. The molecule has 3 rings (SSSR count). The normalized spacial score (nSPS) is 23.7. The van der Waals surface area contributed by atoms with Gasteiger partial charge in [-0.2, -0.15) is 0 Å². The molecule has 1 saturated heterocycles. The Morgan fingerprint density at radius 1 is 1.27 bits per heavy atom. The summed E-state index contributed by atoms with van der Waals surface area (Å²) in [4.78, 5) is 3.77. The van der Waals surface area contributed by atoms with E-state index in [1.54, 1.807) is 11.3 Å². The van der Waals surface area contributed by atoms with Crippen molar-refractivity contribution in [2.45, 2.75) is 38.1 Å². The molecule has 0 unspecified atom stereocenters. The van der Waals surface area contributed by atoms with Gasteiger partial charge in [-0.1, -0.05) is 36.4 Å². The van der Waals surface area contributed by atoms with Gasteiger partial charge in [0, 0.05) is 36.6 Å². The van der Waals surface area contributed by atoms with Crippen LogP contribution >= 0.6 is 11.3 Å². The van der Waals surface area contributed by atoms with Crippen LogP contribution in [0.25, 0.3) is 0 Å². The lowest BCUT2D eigenvalue weighted by Crippen LogP contribution is -2.38.